The first kappa shape index (κ1) is 33.6. The third-order valence-corrected chi connectivity index (χ3v) is 63.6. The number of fused-ring (bicyclic) bond motifs is 2. The Bertz CT molecular complexity index is 2130. The van der Waals surface area contributed by atoms with E-state index in [2.05, 4.69) is 185 Å². The van der Waals surface area contributed by atoms with Gasteiger partial charge in [0.1, 0.15) is 0 Å². The zero-order valence-electron chi connectivity index (χ0n) is 29.0. The van der Waals surface area contributed by atoms with Gasteiger partial charge in [-0.15, -0.1) is 0 Å². The predicted molar refractivity (Wildman–Crippen MR) is 218 cm³/mol. The molecule has 0 spiro atoms. The minimum atomic E-state index is -4.89. The van der Waals surface area contributed by atoms with Crippen molar-refractivity contribution >= 4 is 35.1 Å². The van der Waals surface area contributed by atoms with Gasteiger partial charge in [-0.05, 0) is 0 Å². The molecule has 0 aliphatic heterocycles. The van der Waals surface area contributed by atoms with Gasteiger partial charge in [0.2, 0.25) is 0 Å². The van der Waals surface area contributed by atoms with Gasteiger partial charge < -0.3 is 0 Å². The van der Waals surface area contributed by atoms with E-state index < -0.39 is 21.5 Å². The molecule has 0 saturated carbocycles. The first-order valence-corrected chi connectivity index (χ1v) is 34.0. The molecule has 6 aromatic rings. The van der Waals surface area contributed by atoms with Crippen LogP contribution >= 0.6 is 17.0 Å². The Morgan fingerprint density at radius 3 is 1.08 bits per heavy atom. The Morgan fingerprint density at radius 1 is 0.440 bits per heavy atom. The number of benzene rings is 6. The average molecular weight is 784 g/mol. The van der Waals surface area contributed by atoms with Crippen molar-refractivity contribution in [1.29, 1.82) is 0 Å². The van der Waals surface area contributed by atoms with Crippen molar-refractivity contribution < 1.29 is 15.6 Å². The molecular formula is C46H41Cl2SiZr. The van der Waals surface area contributed by atoms with Crippen LogP contribution in [0.25, 0.3) is 56.7 Å². The van der Waals surface area contributed by atoms with Gasteiger partial charge in [-0.2, -0.15) is 0 Å². The van der Waals surface area contributed by atoms with Crippen LogP contribution in [-0.4, -0.2) is 5.92 Å². The third kappa shape index (κ3) is 5.26. The van der Waals surface area contributed by atoms with E-state index in [9.17, 15) is 0 Å². The molecule has 0 saturated heterocycles. The van der Waals surface area contributed by atoms with E-state index in [-0.39, 0.29) is 7.25 Å². The van der Waals surface area contributed by atoms with Crippen LogP contribution in [0.5, 0.6) is 0 Å². The number of hydrogen-bond acceptors (Lipinski definition) is 0. The first-order valence-electron chi connectivity index (χ1n) is 17.7. The summed E-state index contributed by atoms with van der Waals surface area (Å²) in [6, 6.07) is 52.6. The van der Waals surface area contributed by atoms with Crippen LogP contribution in [0, 0.1) is 0 Å². The maximum atomic E-state index is 8.65. The van der Waals surface area contributed by atoms with Crippen molar-refractivity contribution in [2.24, 2.45) is 0 Å². The van der Waals surface area contributed by atoms with Gasteiger partial charge in [-0.1, -0.05) is 0 Å². The van der Waals surface area contributed by atoms with E-state index in [1.54, 1.807) is 0 Å². The average Bonchev–Trinajstić information content (AvgIpc) is 3.68. The molecule has 4 heteroatoms. The molecule has 6 aromatic carbocycles. The molecule has 0 aromatic heterocycles. The second kappa shape index (κ2) is 12.9. The zero-order valence-corrected chi connectivity index (χ0v) is 34.1. The molecule has 8 rings (SSSR count). The molecule has 0 radical (unpaired) electrons. The van der Waals surface area contributed by atoms with Crippen LogP contribution < -0.4 is 0 Å². The fourth-order valence-electron chi connectivity index (χ4n) is 9.04. The van der Waals surface area contributed by atoms with Crippen molar-refractivity contribution in [2.45, 2.75) is 34.2 Å². The Labute approximate surface area is 305 Å². The molecule has 0 amide bonds. The van der Waals surface area contributed by atoms with E-state index in [0.29, 0.717) is 0 Å². The van der Waals surface area contributed by atoms with E-state index in [1.165, 1.54) is 77.9 Å². The molecule has 0 nitrogen and oxygen atoms in total. The van der Waals surface area contributed by atoms with E-state index in [4.69, 9.17) is 17.0 Å². The van der Waals surface area contributed by atoms with Crippen molar-refractivity contribution in [3.63, 3.8) is 0 Å². The summed E-state index contributed by atoms with van der Waals surface area (Å²) in [4.78, 5) is 0. The fraction of sp³-hybridized carbons (Fsp3) is 0.130. The molecule has 2 aliphatic carbocycles. The molecular weight excluding hydrogens is 743 g/mol. The molecule has 2 aliphatic rings. The van der Waals surface area contributed by atoms with Gasteiger partial charge in [0, 0.05) is 0 Å². The molecule has 0 fully saturated rings. The normalized spacial score (nSPS) is 17.5. The SMILES string of the molecule is CC1=Cc2c(ccc(-c3ccccc3)c2-c2ccccc2)[CH]1[Zr]([Cl])([Cl])([CH]1C(C)=Cc2c1ccc(-c1ccccc1)c2-c1ccccc1)[SiH](C)C. The fourth-order valence-corrected chi connectivity index (χ4v) is 42.0. The molecule has 247 valence electrons. The molecule has 0 heterocycles. The van der Waals surface area contributed by atoms with Crippen LogP contribution in [0.1, 0.15) is 43.4 Å². The summed E-state index contributed by atoms with van der Waals surface area (Å²) in [7, 11) is 17.3. The Kier molecular flexibility index (Phi) is 8.68. The second-order valence-corrected chi connectivity index (χ2v) is 57.0. The molecule has 2 unspecified atom stereocenters. The maximum absolute atomic E-state index is 8.65. The van der Waals surface area contributed by atoms with Gasteiger partial charge in [-0.3, -0.25) is 0 Å². The molecule has 2 atom stereocenters. The summed E-state index contributed by atoms with van der Waals surface area (Å²) < 4.78 is 0.0593. The van der Waals surface area contributed by atoms with E-state index in [0.717, 1.165) is 0 Å². The quantitative estimate of drug-likeness (QED) is 0.142. The Balaban J connectivity index is 1.36. The summed E-state index contributed by atoms with van der Waals surface area (Å²) in [5, 5.41) is 0. The van der Waals surface area contributed by atoms with Crippen LogP contribution in [0.2, 0.25) is 13.1 Å². The van der Waals surface area contributed by atoms with Gasteiger partial charge in [0.05, 0.1) is 0 Å². The summed E-state index contributed by atoms with van der Waals surface area (Å²) >= 11 is -4.89. The first-order chi connectivity index (χ1) is 24.2. The molecule has 0 bridgehead atoms. The third-order valence-electron chi connectivity index (χ3n) is 11.3. The van der Waals surface area contributed by atoms with Gasteiger partial charge in [-0.25, -0.2) is 0 Å². The topological polar surface area (TPSA) is 0 Å². The van der Waals surface area contributed by atoms with Crippen molar-refractivity contribution in [3.05, 3.63) is 179 Å². The summed E-state index contributed by atoms with van der Waals surface area (Å²) in [6.45, 7) is 9.43. The van der Waals surface area contributed by atoms with E-state index >= 15 is 0 Å². The van der Waals surface area contributed by atoms with Gasteiger partial charge >= 0.3 is 308 Å². The standard InChI is InChI=1S/2C22H17.C2H7Si.2ClH.Zr/c2*1-16-14-19-12-13-20(17-8-4-2-5-9-17)22(21(19)15-16)18-10-6-3-7-11-18;1-3-2;;;/h2*2-15H,1H3;3H,1-2H3;2*1H;/q;;;;;+2/p-2. The number of halogens is 2. The molecule has 50 heavy (non-hydrogen) atoms. The van der Waals surface area contributed by atoms with Crippen molar-refractivity contribution in [2.75, 3.05) is 0 Å². The van der Waals surface area contributed by atoms with Crippen LogP contribution in [0.3, 0.4) is 0 Å². The number of rotatable bonds is 7. The van der Waals surface area contributed by atoms with Crippen LogP contribution in [0.15, 0.2) is 157 Å². The summed E-state index contributed by atoms with van der Waals surface area (Å²) in [5.74, 6) is -1.68. The molecule has 0 N–H and O–H groups in total. The van der Waals surface area contributed by atoms with Gasteiger partial charge in [0.25, 0.3) is 0 Å². The van der Waals surface area contributed by atoms with E-state index in [1.807, 2.05) is 0 Å². The Hall–Kier alpha value is -3.52. The van der Waals surface area contributed by atoms with Gasteiger partial charge in [0.15, 0.2) is 0 Å². The van der Waals surface area contributed by atoms with Crippen LogP contribution in [0.4, 0.5) is 0 Å². The second-order valence-electron chi connectivity index (χ2n) is 14.5. The minimum absolute atomic E-state index is 0.0296. The zero-order chi connectivity index (χ0) is 34.6. The number of allylic oxidation sites excluding steroid dienone is 2. The van der Waals surface area contributed by atoms with Crippen LogP contribution in [-0.2, 0) is 15.6 Å². The number of hydrogen-bond donors (Lipinski definition) is 0. The van der Waals surface area contributed by atoms with Crippen molar-refractivity contribution in [1.82, 2.24) is 0 Å². The van der Waals surface area contributed by atoms with Crippen molar-refractivity contribution in [3.8, 4) is 44.5 Å². The predicted octanol–water partition coefficient (Wildman–Crippen LogP) is 14.0. The monoisotopic (exact) mass is 781 g/mol. The summed E-state index contributed by atoms with van der Waals surface area (Å²) in [6.07, 6.45) is 4.85. The summed E-state index contributed by atoms with van der Waals surface area (Å²) in [5.41, 5.74) is 17.7. The Morgan fingerprint density at radius 2 is 0.760 bits per heavy atom.